The first-order valence-corrected chi connectivity index (χ1v) is 13.8. The van der Waals surface area contributed by atoms with Crippen molar-refractivity contribution in [3.05, 3.63) is 107 Å². The monoisotopic (exact) mass is 590 g/mol. The molecule has 3 aromatic rings. The van der Waals surface area contributed by atoms with Crippen molar-refractivity contribution in [3.8, 4) is 0 Å². The fourth-order valence-corrected chi connectivity index (χ4v) is 5.58. The number of carbonyl (C=O) groups is 1. The third kappa shape index (κ3) is 5.47. The predicted octanol–water partition coefficient (Wildman–Crippen LogP) is 6.23. The van der Waals surface area contributed by atoms with E-state index in [1.165, 1.54) is 24.4 Å². The quantitative estimate of drug-likeness (QED) is 0.368. The number of halogens is 4. The van der Waals surface area contributed by atoms with Crippen LogP contribution in [0.4, 0.5) is 24.8 Å². The molecule has 0 radical (unpaired) electrons. The van der Waals surface area contributed by atoms with E-state index in [2.05, 4.69) is 20.6 Å². The van der Waals surface area contributed by atoms with Crippen molar-refractivity contribution in [2.75, 3.05) is 25.5 Å². The predicted molar refractivity (Wildman–Crippen MR) is 158 cm³/mol. The number of alkyl halides is 3. The first-order valence-electron chi connectivity index (χ1n) is 13.4. The van der Waals surface area contributed by atoms with Crippen LogP contribution in [0.3, 0.4) is 0 Å². The van der Waals surface area contributed by atoms with Gasteiger partial charge in [-0.15, -0.1) is 0 Å². The molecule has 214 valence electrons. The Morgan fingerprint density at radius 2 is 1.86 bits per heavy atom. The lowest BCUT2D eigenvalue weighted by Gasteiger charge is -2.23. The number of aromatic nitrogens is 2. The van der Waals surface area contributed by atoms with Crippen LogP contribution >= 0.6 is 11.6 Å². The van der Waals surface area contributed by atoms with E-state index in [0.717, 1.165) is 18.1 Å². The number of rotatable bonds is 5. The molecule has 6 rings (SSSR count). The van der Waals surface area contributed by atoms with Gasteiger partial charge in [0, 0.05) is 53.9 Å². The third-order valence-electron chi connectivity index (χ3n) is 7.60. The molecule has 2 aliphatic heterocycles. The Kier molecular flexibility index (Phi) is 7.42. The average molecular weight is 591 g/mol. The van der Waals surface area contributed by atoms with E-state index >= 15 is 0 Å². The number of aliphatic imine (C=N–C) groups is 1. The zero-order chi connectivity index (χ0) is 29.4. The lowest BCUT2D eigenvalue weighted by atomic mass is 9.83. The highest BCUT2D eigenvalue weighted by Gasteiger charge is 2.35. The number of likely N-dealkylation sites (tertiary alicyclic amines) is 1. The highest BCUT2D eigenvalue weighted by atomic mass is 35.5. The van der Waals surface area contributed by atoms with Gasteiger partial charge in [0.15, 0.2) is 0 Å². The van der Waals surface area contributed by atoms with Crippen molar-refractivity contribution in [3.63, 3.8) is 0 Å². The molecule has 42 heavy (non-hydrogen) atoms. The minimum absolute atomic E-state index is 0.0123. The second-order valence-electron chi connectivity index (χ2n) is 10.2. The van der Waals surface area contributed by atoms with Crippen LogP contribution in [-0.4, -0.2) is 52.1 Å². The van der Waals surface area contributed by atoms with E-state index in [-0.39, 0.29) is 16.6 Å². The Balaban J connectivity index is 1.27. The number of hydrogen-bond acceptors (Lipinski definition) is 6. The fraction of sp³-hybridized carbons (Fsp3) is 0.226. The van der Waals surface area contributed by atoms with Crippen LogP contribution < -0.4 is 10.6 Å². The smallest absolute Gasteiger partial charge is 0.337 e. The van der Waals surface area contributed by atoms with Crippen molar-refractivity contribution in [2.45, 2.75) is 25.1 Å². The van der Waals surface area contributed by atoms with Gasteiger partial charge >= 0.3 is 6.18 Å². The molecule has 11 heteroatoms. The molecule has 2 N–H and O–H groups in total. The van der Waals surface area contributed by atoms with Crippen molar-refractivity contribution in [1.82, 2.24) is 20.2 Å². The number of hydrogen-bond donors (Lipinski definition) is 2. The zero-order valence-corrected chi connectivity index (χ0v) is 23.3. The summed E-state index contributed by atoms with van der Waals surface area (Å²) in [5.41, 5.74) is 3.32. The number of fused-ring (bicyclic) bond motifs is 3. The molecular formula is C31H26ClF3N6O. The van der Waals surface area contributed by atoms with E-state index in [1.807, 2.05) is 18.0 Å². The Labute approximate surface area is 245 Å². The molecular weight excluding hydrogens is 565 g/mol. The first-order chi connectivity index (χ1) is 20.2. The van der Waals surface area contributed by atoms with Crippen LogP contribution in [0.2, 0.25) is 0 Å². The summed E-state index contributed by atoms with van der Waals surface area (Å²) >= 11 is 6.30. The maximum absolute atomic E-state index is 13.9. The summed E-state index contributed by atoms with van der Waals surface area (Å²) in [6, 6.07) is 12.8. The summed E-state index contributed by atoms with van der Waals surface area (Å²) in [6.45, 7) is 1.39. The van der Waals surface area contributed by atoms with E-state index in [0.29, 0.717) is 65.2 Å². The highest BCUT2D eigenvalue weighted by Crippen LogP contribution is 2.44. The summed E-state index contributed by atoms with van der Waals surface area (Å²) in [5.74, 6) is 0.283. The lowest BCUT2D eigenvalue weighted by molar-refractivity contribution is -0.137. The standard InChI is InChI=1S/C31H26ClF3N6O/c1-36-21-12-13-41(17-21)29(42)18-6-9-20(10-7-18)39-30-38-15-19-8-11-22-24(14-27(32)37-16-25(22)28(19)40-30)23-4-2-3-5-26(23)31(33,34)35/h2-7,9-11,14-16,21,36H,8,12-13,17H2,1H3,(H,38,39,40). The van der Waals surface area contributed by atoms with E-state index in [1.54, 1.807) is 36.5 Å². The van der Waals surface area contributed by atoms with E-state index < -0.39 is 11.7 Å². The van der Waals surface area contributed by atoms with Gasteiger partial charge in [-0.2, -0.15) is 13.2 Å². The topological polar surface area (TPSA) is 82.5 Å². The highest BCUT2D eigenvalue weighted by molar-refractivity contribution is 6.69. The maximum atomic E-state index is 13.9. The SMILES string of the molecule is CNC1CCN(C(=O)c2ccc(Nc3ncc4c(n3)C3=CN=C(Cl)C=C(c5ccccc5C(F)(F)F)C3=CC4)cc2)C1. The molecule has 1 aromatic heterocycles. The van der Waals surface area contributed by atoms with Crippen molar-refractivity contribution in [2.24, 2.45) is 4.99 Å². The number of anilines is 2. The van der Waals surface area contributed by atoms with Crippen LogP contribution in [0.5, 0.6) is 0 Å². The molecule has 2 aromatic carbocycles. The Morgan fingerprint density at radius 1 is 1.07 bits per heavy atom. The molecule has 1 saturated heterocycles. The number of benzene rings is 2. The summed E-state index contributed by atoms with van der Waals surface area (Å²) in [4.78, 5) is 28.1. The molecule has 0 bridgehead atoms. The molecule has 1 amide bonds. The van der Waals surface area contributed by atoms with Crippen LogP contribution in [0.25, 0.3) is 11.1 Å². The third-order valence-corrected chi connectivity index (χ3v) is 7.81. The molecule has 1 fully saturated rings. The lowest BCUT2D eigenvalue weighted by Crippen LogP contribution is -2.33. The van der Waals surface area contributed by atoms with Gasteiger partial charge in [-0.05, 0) is 73.0 Å². The Morgan fingerprint density at radius 3 is 2.60 bits per heavy atom. The van der Waals surface area contributed by atoms with Gasteiger partial charge in [0.1, 0.15) is 5.17 Å². The normalized spacial score (nSPS) is 18.2. The van der Waals surface area contributed by atoms with Crippen LogP contribution in [0, 0.1) is 0 Å². The molecule has 0 spiro atoms. The van der Waals surface area contributed by atoms with Crippen LogP contribution in [-0.2, 0) is 12.6 Å². The first kappa shape index (κ1) is 27.9. The van der Waals surface area contributed by atoms with Crippen LogP contribution in [0.1, 0.15) is 39.2 Å². The molecule has 3 heterocycles. The zero-order valence-electron chi connectivity index (χ0n) is 22.5. The van der Waals surface area contributed by atoms with Gasteiger partial charge in [0.05, 0.1) is 11.3 Å². The number of likely N-dealkylation sites (N-methyl/N-ethyl adjacent to an activating group) is 1. The second kappa shape index (κ2) is 11.2. The Bertz CT molecular complexity index is 1680. The largest absolute Gasteiger partial charge is 0.417 e. The number of nitrogens with zero attached hydrogens (tertiary/aromatic N) is 4. The molecule has 1 unspecified atom stereocenters. The maximum Gasteiger partial charge on any atom is 0.417 e. The van der Waals surface area contributed by atoms with Gasteiger partial charge in [-0.3, -0.25) is 4.79 Å². The van der Waals surface area contributed by atoms with Crippen molar-refractivity contribution in [1.29, 1.82) is 0 Å². The summed E-state index contributed by atoms with van der Waals surface area (Å²) < 4.78 is 41.8. The number of amides is 1. The fourth-order valence-electron chi connectivity index (χ4n) is 5.42. The molecule has 7 nitrogen and oxygen atoms in total. The molecule has 1 aliphatic carbocycles. The number of nitrogens with one attached hydrogen (secondary N) is 2. The van der Waals surface area contributed by atoms with Gasteiger partial charge < -0.3 is 15.5 Å². The summed E-state index contributed by atoms with van der Waals surface area (Å²) in [5, 5.41) is 6.44. The van der Waals surface area contributed by atoms with Gasteiger partial charge in [-0.1, -0.05) is 35.9 Å². The molecule has 0 saturated carbocycles. The number of allylic oxidation sites excluding steroid dienone is 5. The van der Waals surface area contributed by atoms with Gasteiger partial charge in [0.25, 0.3) is 5.91 Å². The average Bonchev–Trinajstić information content (AvgIpc) is 3.41. The van der Waals surface area contributed by atoms with Crippen molar-refractivity contribution >= 4 is 45.5 Å². The van der Waals surface area contributed by atoms with E-state index in [4.69, 9.17) is 16.6 Å². The molecule has 3 aliphatic rings. The number of carbonyl (C=O) groups excluding carboxylic acids is 1. The van der Waals surface area contributed by atoms with E-state index in [9.17, 15) is 18.0 Å². The second-order valence-corrected chi connectivity index (χ2v) is 10.6. The Hall–Kier alpha value is -4.28. The van der Waals surface area contributed by atoms with Crippen molar-refractivity contribution < 1.29 is 18.0 Å². The summed E-state index contributed by atoms with van der Waals surface area (Å²) in [6.07, 6.45) is 3.32. The minimum Gasteiger partial charge on any atom is -0.337 e. The van der Waals surface area contributed by atoms with Gasteiger partial charge in [-0.25, -0.2) is 15.0 Å². The minimum atomic E-state index is -4.55. The van der Waals surface area contributed by atoms with Crippen LogP contribution in [0.15, 0.2) is 83.6 Å². The van der Waals surface area contributed by atoms with Gasteiger partial charge in [0.2, 0.25) is 5.95 Å². The summed E-state index contributed by atoms with van der Waals surface area (Å²) in [7, 11) is 1.90. The molecule has 1 atom stereocenters.